The molecule has 0 aliphatic carbocycles. The SMILES string of the molecule is CC(CC(=O)O)C(=O)c1cncn1C(C)C. The van der Waals surface area contributed by atoms with Crippen LogP contribution in [0, 0.1) is 5.92 Å². The molecule has 88 valence electrons. The van der Waals surface area contributed by atoms with E-state index in [1.165, 1.54) is 6.20 Å². The number of carboxylic acids is 1. The lowest BCUT2D eigenvalue weighted by molar-refractivity contribution is -0.137. The molecule has 0 bridgehead atoms. The van der Waals surface area contributed by atoms with Gasteiger partial charge in [0.15, 0.2) is 5.78 Å². The third-order valence-corrected chi connectivity index (χ3v) is 2.40. The lowest BCUT2D eigenvalue weighted by Gasteiger charge is -2.13. The second-order valence-corrected chi connectivity index (χ2v) is 4.14. The van der Waals surface area contributed by atoms with Crippen LogP contribution in [0.25, 0.3) is 0 Å². The fraction of sp³-hybridized carbons (Fsp3) is 0.545. The maximum atomic E-state index is 11.9. The quantitative estimate of drug-likeness (QED) is 0.773. The summed E-state index contributed by atoms with van der Waals surface area (Å²) in [4.78, 5) is 26.4. The van der Waals surface area contributed by atoms with E-state index >= 15 is 0 Å². The van der Waals surface area contributed by atoms with Crippen LogP contribution in [0.3, 0.4) is 0 Å². The average Bonchev–Trinajstić information content (AvgIpc) is 2.63. The molecule has 1 heterocycles. The first-order valence-electron chi connectivity index (χ1n) is 5.21. The Labute approximate surface area is 94.1 Å². The monoisotopic (exact) mass is 224 g/mol. The summed E-state index contributed by atoms with van der Waals surface area (Å²) in [6.45, 7) is 5.51. The Hall–Kier alpha value is -1.65. The Morgan fingerprint density at radius 1 is 1.44 bits per heavy atom. The first-order chi connectivity index (χ1) is 7.43. The minimum absolute atomic E-state index is 0.137. The average molecular weight is 224 g/mol. The minimum Gasteiger partial charge on any atom is -0.481 e. The molecule has 5 nitrogen and oxygen atoms in total. The number of rotatable bonds is 5. The summed E-state index contributed by atoms with van der Waals surface area (Å²) in [6.07, 6.45) is 2.92. The highest BCUT2D eigenvalue weighted by Gasteiger charge is 2.21. The van der Waals surface area contributed by atoms with Gasteiger partial charge in [0.1, 0.15) is 5.69 Å². The molecule has 0 aliphatic heterocycles. The highest BCUT2D eigenvalue weighted by atomic mass is 16.4. The van der Waals surface area contributed by atoms with Crippen molar-refractivity contribution in [1.29, 1.82) is 0 Å². The van der Waals surface area contributed by atoms with E-state index in [0.29, 0.717) is 5.69 Å². The van der Waals surface area contributed by atoms with E-state index < -0.39 is 11.9 Å². The molecular weight excluding hydrogens is 208 g/mol. The maximum Gasteiger partial charge on any atom is 0.304 e. The van der Waals surface area contributed by atoms with Crippen LogP contribution in [-0.2, 0) is 4.79 Å². The third-order valence-electron chi connectivity index (χ3n) is 2.40. The van der Waals surface area contributed by atoms with Gasteiger partial charge in [0.25, 0.3) is 0 Å². The molecule has 0 saturated carbocycles. The molecule has 16 heavy (non-hydrogen) atoms. The van der Waals surface area contributed by atoms with Gasteiger partial charge in [0.2, 0.25) is 0 Å². The lowest BCUT2D eigenvalue weighted by atomic mass is 10.0. The van der Waals surface area contributed by atoms with Gasteiger partial charge in [-0.2, -0.15) is 0 Å². The third kappa shape index (κ3) is 2.68. The highest BCUT2D eigenvalue weighted by Crippen LogP contribution is 2.15. The van der Waals surface area contributed by atoms with E-state index in [1.807, 2.05) is 13.8 Å². The lowest BCUT2D eigenvalue weighted by Crippen LogP contribution is -2.19. The summed E-state index contributed by atoms with van der Waals surface area (Å²) >= 11 is 0. The van der Waals surface area contributed by atoms with Crippen LogP contribution >= 0.6 is 0 Å². The van der Waals surface area contributed by atoms with Crippen molar-refractivity contribution in [1.82, 2.24) is 9.55 Å². The Morgan fingerprint density at radius 3 is 2.56 bits per heavy atom. The molecule has 0 aromatic carbocycles. The number of imidazole rings is 1. The number of ketones is 1. The topological polar surface area (TPSA) is 72.2 Å². The normalized spacial score (nSPS) is 12.8. The van der Waals surface area contributed by atoms with Crippen LogP contribution in [0.4, 0.5) is 0 Å². The first-order valence-corrected chi connectivity index (χ1v) is 5.21. The van der Waals surface area contributed by atoms with Gasteiger partial charge >= 0.3 is 5.97 Å². The van der Waals surface area contributed by atoms with E-state index in [-0.39, 0.29) is 18.2 Å². The van der Waals surface area contributed by atoms with Crippen molar-refractivity contribution in [2.24, 2.45) is 5.92 Å². The number of Topliss-reactive ketones (excluding diaryl/α,β-unsaturated/α-hetero) is 1. The van der Waals surface area contributed by atoms with E-state index in [2.05, 4.69) is 4.98 Å². The second-order valence-electron chi connectivity index (χ2n) is 4.14. The Morgan fingerprint density at radius 2 is 2.06 bits per heavy atom. The van der Waals surface area contributed by atoms with Gasteiger partial charge in [-0.05, 0) is 13.8 Å². The van der Waals surface area contributed by atoms with Crippen LogP contribution in [0.5, 0.6) is 0 Å². The fourth-order valence-electron chi connectivity index (χ4n) is 1.51. The molecule has 1 aromatic heterocycles. The van der Waals surface area contributed by atoms with Crippen molar-refractivity contribution in [3.05, 3.63) is 18.2 Å². The van der Waals surface area contributed by atoms with Gasteiger partial charge in [-0.3, -0.25) is 9.59 Å². The number of hydrogen-bond acceptors (Lipinski definition) is 3. The fourth-order valence-corrected chi connectivity index (χ4v) is 1.51. The molecule has 0 radical (unpaired) electrons. The number of nitrogens with zero attached hydrogens (tertiary/aromatic N) is 2. The van der Waals surface area contributed by atoms with Crippen molar-refractivity contribution in [2.45, 2.75) is 33.2 Å². The second kappa shape index (κ2) is 4.92. The van der Waals surface area contributed by atoms with Crippen LogP contribution in [0.1, 0.15) is 43.7 Å². The van der Waals surface area contributed by atoms with Crippen LogP contribution in [0.2, 0.25) is 0 Å². The zero-order valence-electron chi connectivity index (χ0n) is 9.67. The summed E-state index contributed by atoms with van der Waals surface area (Å²) in [5, 5.41) is 8.63. The van der Waals surface area contributed by atoms with Gasteiger partial charge in [-0.1, -0.05) is 6.92 Å². The summed E-state index contributed by atoms with van der Waals surface area (Å²) in [5.41, 5.74) is 0.476. The zero-order chi connectivity index (χ0) is 12.3. The molecule has 1 aromatic rings. The van der Waals surface area contributed by atoms with Gasteiger partial charge in [-0.15, -0.1) is 0 Å². The first kappa shape index (κ1) is 12.4. The molecule has 0 amide bonds. The molecular formula is C11H16N2O3. The number of carboxylic acid groups (broad SMARTS) is 1. The van der Waals surface area contributed by atoms with E-state index in [1.54, 1.807) is 17.8 Å². The van der Waals surface area contributed by atoms with Crippen LogP contribution < -0.4 is 0 Å². The molecule has 0 spiro atoms. The van der Waals surface area contributed by atoms with Crippen molar-refractivity contribution in [3.8, 4) is 0 Å². The highest BCUT2D eigenvalue weighted by molar-refractivity contribution is 5.97. The molecule has 1 unspecified atom stereocenters. The number of aliphatic carboxylic acids is 1. The van der Waals surface area contributed by atoms with Crippen molar-refractivity contribution in [3.63, 3.8) is 0 Å². The number of hydrogen-bond donors (Lipinski definition) is 1. The number of aromatic nitrogens is 2. The Bertz CT molecular complexity index is 396. The van der Waals surface area contributed by atoms with Crippen molar-refractivity contribution < 1.29 is 14.7 Å². The molecule has 1 N–H and O–H groups in total. The predicted octanol–water partition coefficient (Wildman–Crippen LogP) is 1.76. The van der Waals surface area contributed by atoms with Crippen molar-refractivity contribution >= 4 is 11.8 Å². The van der Waals surface area contributed by atoms with Gasteiger partial charge in [-0.25, -0.2) is 4.98 Å². The summed E-state index contributed by atoms with van der Waals surface area (Å²) in [5.74, 6) is -1.66. The summed E-state index contributed by atoms with van der Waals surface area (Å²) in [6, 6.07) is 0.137. The predicted molar refractivity (Wildman–Crippen MR) is 58.4 cm³/mol. The summed E-state index contributed by atoms with van der Waals surface area (Å²) in [7, 11) is 0. The van der Waals surface area contributed by atoms with Crippen LogP contribution in [-0.4, -0.2) is 26.4 Å². The number of carbonyl (C=O) groups excluding carboxylic acids is 1. The Kier molecular flexibility index (Phi) is 3.82. The van der Waals surface area contributed by atoms with E-state index in [4.69, 9.17) is 5.11 Å². The van der Waals surface area contributed by atoms with Crippen molar-refractivity contribution in [2.75, 3.05) is 0 Å². The maximum absolute atomic E-state index is 11.9. The van der Waals surface area contributed by atoms with E-state index in [9.17, 15) is 9.59 Å². The summed E-state index contributed by atoms with van der Waals surface area (Å²) < 4.78 is 1.75. The smallest absolute Gasteiger partial charge is 0.304 e. The molecule has 0 fully saturated rings. The van der Waals surface area contributed by atoms with E-state index in [0.717, 1.165) is 0 Å². The molecule has 5 heteroatoms. The number of carbonyl (C=O) groups is 2. The molecule has 0 aliphatic rings. The largest absolute Gasteiger partial charge is 0.481 e. The molecule has 1 atom stereocenters. The van der Waals surface area contributed by atoms with Crippen LogP contribution in [0.15, 0.2) is 12.5 Å². The van der Waals surface area contributed by atoms with Gasteiger partial charge in [0, 0.05) is 12.0 Å². The Balaban J connectivity index is 2.87. The molecule has 1 rings (SSSR count). The standard InChI is InChI=1S/C11H16N2O3/c1-7(2)13-6-12-5-9(13)11(16)8(3)4-10(14)15/h5-8H,4H2,1-3H3,(H,14,15). The van der Waals surface area contributed by atoms with Gasteiger partial charge < -0.3 is 9.67 Å². The molecule has 0 saturated heterocycles. The zero-order valence-corrected chi connectivity index (χ0v) is 9.67. The minimum atomic E-state index is -0.962. The van der Waals surface area contributed by atoms with Gasteiger partial charge in [0.05, 0.1) is 18.9 Å².